The summed E-state index contributed by atoms with van der Waals surface area (Å²) in [6, 6.07) is 0. The molecule has 74 valence electrons. The maximum absolute atomic E-state index is 4.41. The van der Waals surface area contributed by atoms with Crippen LogP contribution in [0.3, 0.4) is 0 Å². The Balaban J connectivity index is 2.79. The van der Waals surface area contributed by atoms with Crippen molar-refractivity contribution in [3.63, 3.8) is 0 Å². The van der Waals surface area contributed by atoms with Crippen LogP contribution in [-0.2, 0) is 0 Å². The van der Waals surface area contributed by atoms with Gasteiger partial charge in [0.2, 0.25) is 0 Å². The first-order valence-corrected chi connectivity index (χ1v) is 5.06. The predicted octanol–water partition coefficient (Wildman–Crippen LogP) is 1.87. The van der Waals surface area contributed by atoms with E-state index in [2.05, 4.69) is 25.9 Å². The van der Waals surface area contributed by atoms with E-state index in [0.29, 0.717) is 0 Å². The molecule has 0 saturated carbocycles. The molecular formula is C9H11BrN4. The van der Waals surface area contributed by atoms with Crippen LogP contribution in [0.25, 0.3) is 5.65 Å². The number of fused-ring (bicyclic) bond motifs is 1. The highest BCUT2D eigenvalue weighted by Gasteiger charge is 2.09. The highest BCUT2D eigenvalue weighted by atomic mass is 79.9. The Morgan fingerprint density at radius 2 is 2.00 bits per heavy atom. The van der Waals surface area contributed by atoms with Crippen LogP contribution >= 0.6 is 15.9 Å². The summed E-state index contributed by atoms with van der Waals surface area (Å²) in [7, 11) is 3.91. The summed E-state index contributed by atoms with van der Waals surface area (Å²) in [6.07, 6.45) is 3.89. The van der Waals surface area contributed by atoms with Gasteiger partial charge >= 0.3 is 0 Å². The number of aryl methyl sites for hydroxylation is 1. The van der Waals surface area contributed by atoms with E-state index in [0.717, 1.165) is 21.8 Å². The van der Waals surface area contributed by atoms with E-state index >= 15 is 0 Å². The Kier molecular flexibility index (Phi) is 2.19. The molecule has 2 aromatic rings. The number of aromatic nitrogens is 3. The topological polar surface area (TPSA) is 33.4 Å². The van der Waals surface area contributed by atoms with Crippen molar-refractivity contribution in [3.05, 3.63) is 22.7 Å². The minimum absolute atomic E-state index is 0.811. The smallest absolute Gasteiger partial charge is 0.180 e. The predicted molar refractivity (Wildman–Crippen MR) is 59.8 cm³/mol. The number of anilines is 1. The molecule has 14 heavy (non-hydrogen) atoms. The Morgan fingerprint density at radius 3 is 2.64 bits per heavy atom. The third kappa shape index (κ3) is 1.48. The number of halogens is 1. The van der Waals surface area contributed by atoms with Crippen LogP contribution in [0.15, 0.2) is 17.0 Å². The molecule has 2 rings (SSSR count). The van der Waals surface area contributed by atoms with Crippen LogP contribution in [0.5, 0.6) is 0 Å². The van der Waals surface area contributed by atoms with Gasteiger partial charge in [0.25, 0.3) is 0 Å². The maximum atomic E-state index is 4.41. The van der Waals surface area contributed by atoms with Gasteiger partial charge in [0.15, 0.2) is 11.5 Å². The van der Waals surface area contributed by atoms with Crippen molar-refractivity contribution in [2.75, 3.05) is 19.0 Å². The number of hydrogen-bond acceptors (Lipinski definition) is 3. The molecule has 2 aromatic heterocycles. The van der Waals surface area contributed by atoms with Gasteiger partial charge in [0.1, 0.15) is 4.60 Å². The minimum atomic E-state index is 0.811. The number of rotatable bonds is 1. The summed E-state index contributed by atoms with van der Waals surface area (Å²) < 4.78 is 2.79. The summed E-state index contributed by atoms with van der Waals surface area (Å²) in [5.74, 6) is 0.868. The van der Waals surface area contributed by atoms with Gasteiger partial charge in [-0.05, 0) is 22.9 Å². The molecule has 0 N–H and O–H groups in total. The van der Waals surface area contributed by atoms with Crippen LogP contribution in [0.2, 0.25) is 0 Å². The molecule has 0 bridgehead atoms. The van der Waals surface area contributed by atoms with E-state index in [9.17, 15) is 0 Å². The Hall–Kier alpha value is -1.10. The molecule has 0 unspecified atom stereocenters. The lowest BCUT2D eigenvalue weighted by Gasteiger charge is -2.12. The first-order valence-electron chi connectivity index (χ1n) is 4.27. The lowest BCUT2D eigenvalue weighted by atomic mass is 10.5. The second-order valence-electron chi connectivity index (χ2n) is 3.39. The molecule has 0 saturated heterocycles. The number of imidazole rings is 1. The molecule has 0 aromatic carbocycles. The molecule has 0 spiro atoms. The van der Waals surface area contributed by atoms with E-state index in [4.69, 9.17) is 0 Å². The van der Waals surface area contributed by atoms with Crippen molar-refractivity contribution >= 4 is 27.4 Å². The Labute approximate surface area is 90.7 Å². The van der Waals surface area contributed by atoms with Crippen molar-refractivity contribution in [1.82, 2.24) is 14.4 Å². The van der Waals surface area contributed by atoms with Crippen molar-refractivity contribution < 1.29 is 0 Å². The lowest BCUT2D eigenvalue weighted by molar-refractivity contribution is 1.02. The molecule has 0 radical (unpaired) electrons. The fourth-order valence-corrected chi connectivity index (χ4v) is 1.76. The van der Waals surface area contributed by atoms with Gasteiger partial charge in [-0.15, -0.1) is 0 Å². The van der Waals surface area contributed by atoms with Crippen LogP contribution in [-0.4, -0.2) is 28.5 Å². The average Bonchev–Trinajstić information content (AvgIpc) is 2.42. The zero-order valence-corrected chi connectivity index (χ0v) is 9.91. The zero-order chi connectivity index (χ0) is 10.3. The van der Waals surface area contributed by atoms with Gasteiger partial charge in [-0.3, -0.25) is 0 Å². The normalized spacial score (nSPS) is 10.9. The monoisotopic (exact) mass is 254 g/mol. The van der Waals surface area contributed by atoms with E-state index < -0.39 is 0 Å². The quantitative estimate of drug-likeness (QED) is 0.779. The van der Waals surface area contributed by atoms with Crippen molar-refractivity contribution in [3.8, 4) is 0 Å². The van der Waals surface area contributed by atoms with Crippen LogP contribution in [0.4, 0.5) is 5.82 Å². The van der Waals surface area contributed by atoms with E-state index in [-0.39, 0.29) is 0 Å². The standard InChI is InChI=1S/C9H11BrN4/c1-6-4-14-5-7(10)12-8(13(2)3)9(14)11-6/h4-5H,1-3H3. The molecule has 0 atom stereocenters. The summed E-state index contributed by atoms with van der Waals surface area (Å²) in [6.45, 7) is 1.97. The summed E-state index contributed by atoms with van der Waals surface area (Å²) in [5.41, 5.74) is 1.88. The highest BCUT2D eigenvalue weighted by Crippen LogP contribution is 2.19. The van der Waals surface area contributed by atoms with E-state index in [1.165, 1.54) is 0 Å². The Morgan fingerprint density at radius 1 is 1.29 bits per heavy atom. The van der Waals surface area contributed by atoms with Crippen molar-refractivity contribution in [2.45, 2.75) is 6.92 Å². The van der Waals surface area contributed by atoms with Gasteiger partial charge in [-0.2, -0.15) is 0 Å². The zero-order valence-electron chi connectivity index (χ0n) is 8.32. The molecule has 2 heterocycles. The van der Waals surface area contributed by atoms with Crippen molar-refractivity contribution in [2.24, 2.45) is 0 Å². The largest absolute Gasteiger partial charge is 0.360 e. The molecule has 5 heteroatoms. The summed E-state index contributed by atoms with van der Waals surface area (Å²) in [4.78, 5) is 10.7. The molecule has 0 aliphatic rings. The van der Waals surface area contributed by atoms with E-state index in [1.807, 2.05) is 42.7 Å². The van der Waals surface area contributed by atoms with Crippen LogP contribution in [0, 0.1) is 6.92 Å². The summed E-state index contributed by atoms with van der Waals surface area (Å²) in [5, 5.41) is 0. The SMILES string of the molecule is Cc1cn2cc(Br)nc(N(C)C)c2n1. The third-order valence-electron chi connectivity index (χ3n) is 1.93. The number of hydrogen-bond donors (Lipinski definition) is 0. The molecule has 0 amide bonds. The lowest BCUT2D eigenvalue weighted by Crippen LogP contribution is -2.12. The third-order valence-corrected chi connectivity index (χ3v) is 2.32. The summed E-state index contributed by atoms with van der Waals surface area (Å²) >= 11 is 3.37. The van der Waals surface area contributed by atoms with Crippen LogP contribution < -0.4 is 4.90 Å². The molecule has 4 nitrogen and oxygen atoms in total. The minimum Gasteiger partial charge on any atom is -0.360 e. The second-order valence-corrected chi connectivity index (χ2v) is 4.21. The molecule has 0 fully saturated rings. The maximum Gasteiger partial charge on any atom is 0.180 e. The van der Waals surface area contributed by atoms with E-state index in [1.54, 1.807) is 0 Å². The molecule has 0 aliphatic carbocycles. The van der Waals surface area contributed by atoms with Gasteiger partial charge in [-0.25, -0.2) is 9.97 Å². The van der Waals surface area contributed by atoms with Crippen molar-refractivity contribution in [1.29, 1.82) is 0 Å². The first-order chi connectivity index (χ1) is 6.58. The first kappa shape index (κ1) is 9.45. The molecule has 0 aliphatic heterocycles. The molecular weight excluding hydrogens is 244 g/mol. The Bertz CT molecular complexity index is 475. The fourth-order valence-electron chi connectivity index (χ4n) is 1.37. The fraction of sp³-hybridized carbons (Fsp3) is 0.333. The van der Waals surface area contributed by atoms with Gasteiger partial charge in [-0.1, -0.05) is 0 Å². The highest BCUT2D eigenvalue weighted by molar-refractivity contribution is 9.10. The average molecular weight is 255 g/mol. The van der Waals surface area contributed by atoms with Crippen LogP contribution in [0.1, 0.15) is 5.69 Å². The second kappa shape index (κ2) is 3.24. The number of nitrogens with zero attached hydrogens (tertiary/aromatic N) is 4. The van der Waals surface area contributed by atoms with Gasteiger partial charge < -0.3 is 9.30 Å². The van der Waals surface area contributed by atoms with Gasteiger partial charge in [0, 0.05) is 26.5 Å². The van der Waals surface area contributed by atoms with Gasteiger partial charge in [0.05, 0.1) is 5.69 Å².